The van der Waals surface area contributed by atoms with Crippen LogP contribution >= 0.6 is 0 Å². The number of fused-ring (bicyclic) bond motifs is 1. The number of nitrogens with one attached hydrogen (secondary N) is 1. The van der Waals surface area contributed by atoms with E-state index in [0.29, 0.717) is 30.3 Å². The summed E-state index contributed by atoms with van der Waals surface area (Å²) < 4.78 is 48.9. The van der Waals surface area contributed by atoms with Gasteiger partial charge < -0.3 is 19.9 Å². The first-order chi connectivity index (χ1) is 12.3. The maximum atomic E-state index is 12.7. The number of ether oxygens (including phenoxy) is 2. The number of aliphatic hydroxyl groups is 1. The van der Waals surface area contributed by atoms with Crippen LogP contribution in [-0.2, 0) is 6.18 Å². The minimum absolute atomic E-state index is 0.130. The van der Waals surface area contributed by atoms with E-state index in [2.05, 4.69) is 5.32 Å². The van der Waals surface area contributed by atoms with Crippen LogP contribution in [0.25, 0.3) is 0 Å². The predicted molar refractivity (Wildman–Crippen MR) is 86.2 cm³/mol. The predicted octanol–water partition coefficient (Wildman–Crippen LogP) is 2.94. The number of carbonyl (C=O) groups is 1. The number of alkyl halides is 3. The van der Waals surface area contributed by atoms with Gasteiger partial charge in [0.2, 0.25) is 0 Å². The Kier molecular flexibility index (Phi) is 5.03. The standard InChI is InChI=1S/C18H16F3NO4/c19-18(20,21)13-3-1-2-12(8-13)17(24)22-10-14(23)11-4-5-15-16(9-11)26-7-6-25-15/h1-5,8-9,14,23H,6-7,10H2,(H,22,24)/t14-/m1/s1. The second kappa shape index (κ2) is 7.25. The van der Waals surface area contributed by atoms with Crippen molar-refractivity contribution in [3.8, 4) is 11.5 Å². The van der Waals surface area contributed by atoms with Gasteiger partial charge in [-0.05, 0) is 35.9 Å². The molecule has 1 aliphatic heterocycles. The molecular formula is C18H16F3NO4. The molecule has 0 saturated heterocycles. The highest BCUT2D eigenvalue weighted by Gasteiger charge is 2.30. The molecule has 1 atom stereocenters. The van der Waals surface area contributed by atoms with Crippen LogP contribution in [0.3, 0.4) is 0 Å². The van der Waals surface area contributed by atoms with Gasteiger partial charge in [0.15, 0.2) is 11.5 Å². The van der Waals surface area contributed by atoms with E-state index in [1.54, 1.807) is 18.2 Å². The molecule has 0 aromatic heterocycles. The fraction of sp³-hybridized carbons (Fsp3) is 0.278. The second-order valence-corrected chi connectivity index (χ2v) is 5.71. The maximum Gasteiger partial charge on any atom is 0.416 e. The molecule has 2 N–H and O–H groups in total. The molecule has 5 nitrogen and oxygen atoms in total. The smallest absolute Gasteiger partial charge is 0.416 e. The Balaban J connectivity index is 1.64. The summed E-state index contributed by atoms with van der Waals surface area (Å²) in [6.07, 6.45) is -5.57. The largest absolute Gasteiger partial charge is 0.486 e. The Morgan fingerprint density at radius 3 is 2.58 bits per heavy atom. The molecular weight excluding hydrogens is 351 g/mol. The van der Waals surface area contributed by atoms with Crippen LogP contribution in [0.2, 0.25) is 0 Å². The summed E-state index contributed by atoms with van der Waals surface area (Å²) in [6, 6.07) is 8.99. The minimum Gasteiger partial charge on any atom is -0.486 e. The molecule has 0 bridgehead atoms. The fourth-order valence-electron chi connectivity index (χ4n) is 2.51. The van der Waals surface area contributed by atoms with E-state index >= 15 is 0 Å². The zero-order valence-corrected chi connectivity index (χ0v) is 13.5. The lowest BCUT2D eigenvalue weighted by atomic mass is 10.1. The molecule has 0 fully saturated rings. The number of halogens is 3. The van der Waals surface area contributed by atoms with Crippen LogP contribution in [0.1, 0.15) is 27.6 Å². The summed E-state index contributed by atoms with van der Waals surface area (Å²) >= 11 is 0. The van der Waals surface area contributed by atoms with Gasteiger partial charge in [0.25, 0.3) is 5.91 Å². The number of aliphatic hydroxyl groups excluding tert-OH is 1. The van der Waals surface area contributed by atoms with Gasteiger partial charge in [-0.3, -0.25) is 4.79 Å². The molecule has 0 aliphatic carbocycles. The van der Waals surface area contributed by atoms with E-state index in [1.807, 2.05) is 0 Å². The molecule has 3 rings (SSSR count). The highest BCUT2D eigenvalue weighted by Crippen LogP contribution is 2.32. The van der Waals surface area contributed by atoms with E-state index in [9.17, 15) is 23.1 Å². The van der Waals surface area contributed by atoms with Crippen LogP contribution in [0.15, 0.2) is 42.5 Å². The number of rotatable bonds is 4. The molecule has 0 spiro atoms. The summed E-state index contributed by atoms with van der Waals surface area (Å²) in [5, 5.41) is 12.6. The van der Waals surface area contributed by atoms with Crippen molar-refractivity contribution >= 4 is 5.91 Å². The molecule has 138 valence electrons. The third-order valence-electron chi connectivity index (χ3n) is 3.86. The van der Waals surface area contributed by atoms with Crippen molar-refractivity contribution in [2.24, 2.45) is 0 Å². The summed E-state index contributed by atoms with van der Waals surface area (Å²) in [7, 11) is 0. The van der Waals surface area contributed by atoms with Crippen molar-refractivity contribution in [2.75, 3.05) is 19.8 Å². The normalized spacial score (nSPS) is 14.6. The van der Waals surface area contributed by atoms with Gasteiger partial charge in [-0.2, -0.15) is 13.2 Å². The number of benzene rings is 2. The van der Waals surface area contributed by atoms with Crippen molar-refractivity contribution in [3.05, 3.63) is 59.2 Å². The second-order valence-electron chi connectivity index (χ2n) is 5.71. The topological polar surface area (TPSA) is 67.8 Å². The molecule has 8 heteroatoms. The number of hydrogen-bond acceptors (Lipinski definition) is 4. The third-order valence-corrected chi connectivity index (χ3v) is 3.86. The van der Waals surface area contributed by atoms with Gasteiger partial charge in [-0.25, -0.2) is 0 Å². The molecule has 1 aliphatic rings. The first kappa shape index (κ1) is 18.1. The maximum absolute atomic E-state index is 12.7. The monoisotopic (exact) mass is 367 g/mol. The summed E-state index contributed by atoms with van der Waals surface area (Å²) in [6.45, 7) is 0.690. The number of carbonyl (C=O) groups excluding carboxylic acids is 1. The van der Waals surface area contributed by atoms with Crippen LogP contribution in [0, 0.1) is 0 Å². The Morgan fingerprint density at radius 1 is 1.12 bits per heavy atom. The molecule has 1 heterocycles. The van der Waals surface area contributed by atoms with Crippen molar-refractivity contribution in [2.45, 2.75) is 12.3 Å². The lowest BCUT2D eigenvalue weighted by Gasteiger charge is -2.20. The van der Waals surface area contributed by atoms with Crippen molar-refractivity contribution in [1.82, 2.24) is 5.32 Å². The van der Waals surface area contributed by atoms with Gasteiger partial charge in [0.05, 0.1) is 11.7 Å². The fourth-order valence-corrected chi connectivity index (χ4v) is 2.51. The van der Waals surface area contributed by atoms with E-state index in [-0.39, 0.29) is 12.1 Å². The molecule has 0 radical (unpaired) electrons. The molecule has 2 aromatic rings. The lowest BCUT2D eigenvalue weighted by Crippen LogP contribution is -2.28. The van der Waals surface area contributed by atoms with Gasteiger partial charge >= 0.3 is 6.18 Å². The van der Waals surface area contributed by atoms with E-state index < -0.39 is 23.8 Å². The Morgan fingerprint density at radius 2 is 1.85 bits per heavy atom. The van der Waals surface area contributed by atoms with Gasteiger partial charge in [-0.15, -0.1) is 0 Å². The summed E-state index contributed by atoms with van der Waals surface area (Å²) in [5.74, 6) is 0.366. The lowest BCUT2D eigenvalue weighted by molar-refractivity contribution is -0.137. The SMILES string of the molecule is O=C(NC[C@@H](O)c1ccc2c(c1)OCCO2)c1cccc(C(F)(F)F)c1. The van der Waals surface area contributed by atoms with Crippen LogP contribution in [0.5, 0.6) is 11.5 Å². The van der Waals surface area contributed by atoms with Crippen LogP contribution in [-0.4, -0.2) is 30.8 Å². The van der Waals surface area contributed by atoms with Gasteiger partial charge in [0.1, 0.15) is 13.2 Å². The first-order valence-corrected chi connectivity index (χ1v) is 7.87. The Labute approximate surface area is 147 Å². The van der Waals surface area contributed by atoms with Crippen molar-refractivity contribution in [1.29, 1.82) is 0 Å². The molecule has 0 unspecified atom stereocenters. The Bertz CT molecular complexity index is 807. The minimum atomic E-state index is -4.53. The van der Waals surface area contributed by atoms with E-state index in [1.165, 1.54) is 6.07 Å². The quantitative estimate of drug-likeness (QED) is 0.872. The molecule has 26 heavy (non-hydrogen) atoms. The van der Waals surface area contributed by atoms with Crippen molar-refractivity contribution in [3.63, 3.8) is 0 Å². The number of hydrogen-bond donors (Lipinski definition) is 2. The van der Waals surface area contributed by atoms with Gasteiger partial charge in [-0.1, -0.05) is 12.1 Å². The highest BCUT2D eigenvalue weighted by molar-refractivity contribution is 5.94. The zero-order chi connectivity index (χ0) is 18.7. The number of amides is 1. The Hall–Kier alpha value is -2.74. The van der Waals surface area contributed by atoms with E-state index in [0.717, 1.165) is 18.2 Å². The third kappa shape index (κ3) is 4.08. The van der Waals surface area contributed by atoms with Crippen LogP contribution in [0.4, 0.5) is 13.2 Å². The first-order valence-electron chi connectivity index (χ1n) is 7.87. The van der Waals surface area contributed by atoms with E-state index in [4.69, 9.17) is 9.47 Å². The van der Waals surface area contributed by atoms with Crippen molar-refractivity contribution < 1.29 is 32.5 Å². The molecule has 1 amide bonds. The average Bonchev–Trinajstić information content (AvgIpc) is 2.64. The molecule has 0 saturated carbocycles. The highest BCUT2D eigenvalue weighted by atomic mass is 19.4. The van der Waals surface area contributed by atoms with Crippen LogP contribution < -0.4 is 14.8 Å². The average molecular weight is 367 g/mol. The zero-order valence-electron chi connectivity index (χ0n) is 13.5. The summed E-state index contributed by atoms with van der Waals surface area (Å²) in [4.78, 5) is 12.1. The van der Waals surface area contributed by atoms with Gasteiger partial charge in [0, 0.05) is 12.1 Å². The summed E-state index contributed by atoms with van der Waals surface area (Å²) in [5.41, 5.74) is -0.537. The molecule has 2 aromatic carbocycles.